The largest absolute Gasteiger partial charge is 0.493 e. The molecule has 1 aliphatic rings. The summed E-state index contributed by atoms with van der Waals surface area (Å²) in [7, 11) is 1.54. The van der Waals surface area contributed by atoms with Gasteiger partial charge in [0.05, 0.1) is 19.8 Å². The zero-order valence-corrected chi connectivity index (χ0v) is 14.0. The number of methoxy groups -OCH3 is 1. The van der Waals surface area contributed by atoms with Gasteiger partial charge in [0.25, 0.3) is 0 Å². The van der Waals surface area contributed by atoms with Crippen molar-refractivity contribution in [3.05, 3.63) is 59.2 Å². The lowest BCUT2D eigenvalue weighted by Crippen LogP contribution is -2.40. The molecule has 0 saturated carbocycles. The summed E-state index contributed by atoms with van der Waals surface area (Å²) in [5.41, 5.74) is 2.79. The first-order chi connectivity index (χ1) is 12.1. The number of benzene rings is 2. The average Bonchev–Trinajstić information content (AvgIpc) is 2.65. The fourth-order valence-corrected chi connectivity index (χ4v) is 3.14. The molecule has 3 rings (SSSR count). The lowest BCUT2D eigenvalue weighted by Gasteiger charge is -2.34. The van der Waals surface area contributed by atoms with Crippen molar-refractivity contribution in [2.75, 3.05) is 20.3 Å². The van der Waals surface area contributed by atoms with Crippen LogP contribution in [-0.4, -0.2) is 41.5 Å². The normalized spacial score (nSPS) is 16.2. The molecule has 1 unspecified atom stereocenters. The summed E-state index contributed by atoms with van der Waals surface area (Å²) in [6.07, 6.45) is -0.461. The van der Waals surface area contributed by atoms with Gasteiger partial charge in [0.2, 0.25) is 0 Å². The average molecular weight is 343 g/mol. The standard InChI is InChI=1S/C19H21NO5/c1-24-17-10-15-14(7-8-20(19(22)23)16(15)11-21)9-18(17)25-12-13-5-3-2-4-6-13/h2-6,9-10,16,21H,7-8,11-12H2,1H3,(H,22,23). The van der Waals surface area contributed by atoms with Gasteiger partial charge in [0, 0.05) is 6.54 Å². The molecule has 0 spiro atoms. The Kier molecular flexibility index (Phi) is 5.09. The molecule has 0 saturated heterocycles. The summed E-state index contributed by atoms with van der Waals surface area (Å²) in [5.74, 6) is 1.14. The first-order valence-corrected chi connectivity index (χ1v) is 8.12. The van der Waals surface area contributed by atoms with E-state index >= 15 is 0 Å². The second-order valence-electron chi connectivity index (χ2n) is 5.90. The number of fused-ring (bicyclic) bond motifs is 1. The van der Waals surface area contributed by atoms with E-state index < -0.39 is 12.1 Å². The van der Waals surface area contributed by atoms with Crippen LogP contribution >= 0.6 is 0 Å². The number of aliphatic hydroxyl groups is 1. The highest BCUT2D eigenvalue weighted by molar-refractivity contribution is 5.67. The number of amides is 1. The maximum atomic E-state index is 11.4. The lowest BCUT2D eigenvalue weighted by molar-refractivity contribution is 0.0922. The van der Waals surface area contributed by atoms with Crippen LogP contribution in [0, 0.1) is 0 Å². The Balaban J connectivity index is 1.88. The number of nitrogens with zero attached hydrogens (tertiary/aromatic N) is 1. The zero-order valence-electron chi connectivity index (χ0n) is 14.0. The fourth-order valence-electron chi connectivity index (χ4n) is 3.14. The Morgan fingerprint density at radius 1 is 1.24 bits per heavy atom. The summed E-state index contributed by atoms with van der Waals surface area (Å²) < 4.78 is 11.3. The van der Waals surface area contributed by atoms with Crippen molar-refractivity contribution in [2.45, 2.75) is 19.1 Å². The molecule has 2 N–H and O–H groups in total. The summed E-state index contributed by atoms with van der Waals surface area (Å²) in [4.78, 5) is 12.6. The molecule has 1 amide bonds. The molecule has 6 heteroatoms. The Bertz CT molecular complexity index is 747. The van der Waals surface area contributed by atoms with Crippen LogP contribution in [0.2, 0.25) is 0 Å². The van der Waals surface area contributed by atoms with Gasteiger partial charge in [-0.15, -0.1) is 0 Å². The van der Waals surface area contributed by atoms with E-state index in [1.807, 2.05) is 36.4 Å². The highest BCUT2D eigenvalue weighted by Gasteiger charge is 2.31. The minimum atomic E-state index is -1.03. The number of aliphatic hydroxyl groups excluding tert-OH is 1. The minimum absolute atomic E-state index is 0.271. The molecule has 0 aromatic heterocycles. The molecule has 6 nitrogen and oxygen atoms in total. The van der Waals surface area contributed by atoms with Crippen molar-refractivity contribution in [1.82, 2.24) is 4.90 Å². The van der Waals surface area contributed by atoms with Gasteiger partial charge >= 0.3 is 6.09 Å². The summed E-state index contributed by atoms with van der Waals surface area (Å²) in [6.45, 7) is 0.491. The lowest BCUT2D eigenvalue weighted by atomic mass is 9.92. The number of carbonyl (C=O) groups is 1. The Morgan fingerprint density at radius 3 is 2.64 bits per heavy atom. The van der Waals surface area contributed by atoms with E-state index in [-0.39, 0.29) is 6.61 Å². The monoisotopic (exact) mass is 343 g/mol. The van der Waals surface area contributed by atoms with E-state index in [1.54, 1.807) is 13.2 Å². The van der Waals surface area contributed by atoms with Gasteiger partial charge in [-0.2, -0.15) is 0 Å². The minimum Gasteiger partial charge on any atom is -0.493 e. The summed E-state index contributed by atoms with van der Waals surface area (Å²) in [6, 6.07) is 12.9. The molecule has 1 heterocycles. The van der Waals surface area contributed by atoms with Crippen LogP contribution < -0.4 is 9.47 Å². The first kappa shape index (κ1) is 17.1. The van der Waals surface area contributed by atoms with Crippen molar-refractivity contribution < 1.29 is 24.5 Å². The third kappa shape index (κ3) is 3.53. The van der Waals surface area contributed by atoms with Gasteiger partial charge in [-0.1, -0.05) is 30.3 Å². The molecule has 2 aromatic carbocycles. The van der Waals surface area contributed by atoms with Crippen molar-refractivity contribution in [3.8, 4) is 11.5 Å². The van der Waals surface area contributed by atoms with E-state index in [9.17, 15) is 15.0 Å². The van der Waals surface area contributed by atoms with Crippen molar-refractivity contribution in [1.29, 1.82) is 0 Å². The van der Waals surface area contributed by atoms with Crippen molar-refractivity contribution in [3.63, 3.8) is 0 Å². The molecule has 1 aliphatic heterocycles. The van der Waals surface area contributed by atoms with Crippen LogP contribution in [0.25, 0.3) is 0 Å². The van der Waals surface area contributed by atoms with E-state index in [1.165, 1.54) is 4.90 Å². The second kappa shape index (κ2) is 7.44. The van der Waals surface area contributed by atoms with Crippen LogP contribution in [0.15, 0.2) is 42.5 Å². The van der Waals surface area contributed by atoms with Gasteiger partial charge in [-0.05, 0) is 35.2 Å². The fraction of sp³-hybridized carbons (Fsp3) is 0.316. The molecule has 132 valence electrons. The molecule has 1 atom stereocenters. The maximum Gasteiger partial charge on any atom is 0.407 e. The van der Waals surface area contributed by atoms with E-state index in [4.69, 9.17) is 9.47 Å². The van der Waals surface area contributed by atoms with Crippen molar-refractivity contribution >= 4 is 6.09 Å². The quantitative estimate of drug-likeness (QED) is 0.873. The van der Waals surface area contributed by atoms with Crippen molar-refractivity contribution in [2.24, 2.45) is 0 Å². The number of carboxylic acid groups (broad SMARTS) is 1. The summed E-state index contributed by atoms with van der Waals surface area (Å²) >= 11 is 0. The Hall–Kier alpha value is -2.73. The van der Waals surface area contributed by atoms with Crippen LogP contribution in [0.3, 0.4) is 0 Å². The highest BCUT2D eigenvalue weighted by Crippen LogP contribution is 2.38. The molecule has 0 radical (unpaired) electrons. The van der Waals surface area contributed by atoms with Crippen LogP contribution in [-0.2, 0) is 13.0 Å². The number of hydrogen-bond donors (Lipinski definition) is 2. The third-order valence-electron chi connectivity index (χ3n) is 4.44. The topological polar surface area (TPSA) is 79.2 Å². The Morgan fingerprint density at radius 2 is 2.00 bits per heavy atom. The number of rotatable bonds is 5. The molecule has 2 aromatic rings. The third-order valence-corrected chi connectivity index (χ3v) is 4.44. The number of ether oxygens (including phenoxy) is 2. The smallest absolute Gasteiger partial charge is 0.407 e. The predicted molar refractivity (Wildman–Crippen MR) is 92.0 cm³/mol. The van der Waals surface area contributed by atoms with Gasteiger partial charge in [0.1, 0.15) is 6.61 Å². The Labute approximate surface area is 146 Å². The second-order valence-corrected chi connectivity index (χ2v) is 5.90. The van der Waals surface area contributed by atoms with E-state index in [0.29, 0.717) is 31.1 Å². The zero-order chi connectivity index (χ0) is 17.8. The molecule has 0 fully saturated rings. The first-order valence-electron chi connectivity index (χ1n) is 8.12. The maximum absolute atomic E-state index is 11.4. The SMILES string of the molecule is COc1cc2c(cc1OCc1ccccc1)CCN(C(=O)O)C2CO. The predicted octanol–water partition coefficient (Wildman–Crippen LogP) is 2.84. The molecule has 0 bridgehead atoms. The highest BCUT2D eigenvalue weighted by atomic mass is 16.5. The van der Waals surface area contributed by atoms with Gasteiger partial charge in [-0.25, -0.2) is 4.79 Å². The van der Waals surface area contributed by atoms with Gasteiger partial charge < -0.3 is 19.7 Å². The van der Waals surface area contributed by atoms with Gasteiger partial charge in [0.15, 0.2) is 11.5 Å². The van der Waals surface area contributed by atoms with Crippen LogP contribution in [0.5, 0.6) is 11.5 Å². The molecule has 0 aliphatic carbocycles. The van der Waals surface area contributed by atoms with Crippen LogP contribution in [0.1, 0.15) is 22.7 Å². The number of hydrogen-bond acceptors (Lipinski definition) is 4. The van der Waals surface area contributed by atoms with Gasteiger partial charge in [-0.3, -0.25) is 4.90 Å². The van der Waals surface area contributed by atoms with E-state index in [0.717, 1.165) is 16.7 Å². The summed E-state index contributed by atoms with van der Waals surface area (Å²) in [5, 5.41) is 19.0. The molecular formula is C19H21NO5. The molecule has 25 heavy (non-hydrogen) atoms. The van der Waals surface area contributed by atoms with E-state index in [2.05, 4.69) is 0 Å². The van der Waals surface area contributed by atoms with Crippen LogP contribution in [0.4, 0.5) is 4.79 Å². The molecular weight excluding hydrogens is 322 g/mol.